The van der Waals surface area contributed by atoms with Crippen molar-refractivity contribution in [3.63, 3.8) is 0 Å². The van der Waals surface area contributed by atoms with Crippen LogP contribution in [0.2, 0.25) is 0 Å². The van der Waals surface area contributed by atoms with Crippen LogP contribution < -0.4 is 10.2 Å². The molecule has 0 saturated heterocycles. The lowest BCUT2D eigenvalue weighted by Crippen LogP contribution is -2.15. The Morgan fingerprint density at radius 3 is 2.24 bits per heavy atom. The van der Waals surface area contributed by atoms with Gasteiger partial charge in [0.15, 0.2) is 0 Å². The lowest BCUT2D eigenvalue weighted by molar-refractivity contribution is 0.601. The molecule has 0 radical (unpaired) electrons. The molecule has 0 amide bonds. The standard InChI is InChI=1S/C19H13NO4S/c21-19-14-9-4-5-11-16(14)24-17-12-6-10-15(18(17)19)20-25(22,23)13-7-2-1-3-8-13/h1-12,20H. The van der Waals surface area contributed by atoms with Crippen LogP contribution in [-0.4, -0.2) is 8.42 Å². The third kappa shape index (κ3) is 2.66. The highest BCUT2D eigenvalue weighted by Gasteiger charge is 2.17. The molecule has 5 nitrogen and oxygen atoms in total. The molecular formula is C19H13NO4S. The second-order valence-electron chi connectivity index (χ2n) is 5.52. The average molecular weight is 351 g/mol. The van der Waals surface area contributed by atoms with Gasteiger partial charge in [0.2, 0.25) is 5.43 Å². The van der Waals surface area contributed by atoms with Crippen LogP contribution in [0.4, 0.5) is 5.69 Å². The number of para-hydroxylation sites is 1. The number of rotatable bonds is 3. The van der Waals surface area contributed by atoms with E-state index in [0.717, 1.165) is 0 Å². The Labute approximate surface area is 143 Å². The number of sulfonamides is 1. The molecule has 0 unspecified atom stereocenters. The Hall–Kier alpha value is -3.12. The summed E-state index contributed by atoms with van der Waals surface area (Å²) in [4.78, 5) is 13.0. The molecule has 0 atom stereocenters. The van der Waals surface area contributed by atoms with Gasteiger partial charge < -0.3 is 4.42 Å². The Kier molecular flexibility index (Phi) is 3.54. The van der Waals surface area contributed by atoms with Gasteiger partial charge in [-0.2, -0.15) is 0 Å². The third-order valence-corrected chi connectivity index (χ3v) is 5.28. The Bertz CT molecular complexity index is 1240. The van der Waals surface area contributed by atoms with E-state index in [0.29, 0.717) is 16.6 Å². The second kappa shape index (κ2) is 5.75. The molecule has 25 heavy (non-hydrogen) atoms. The maximum absolute atomic E-state index is 12.8. The van der Waals surface area contributed by atoms with E-state index in [4.69, 9.17) is 4.42 Å². The highest BCUT2D eigenvalue weighted by Crippen LogP contribution is 2.26. The van der Waals surface area contributed by atoms with Crippen molar-refractivity contribution in [2.75, 3.05) is 4.72 Å². The summed E-state index contributed by atoms with van der Waals surface area (Å²) in [5.41, 5.74) is 0.712. The highest BCUT2D eigenvalue weighted by molar-refractivity contribution is 7.92. The zero-order chi connectivity index (χ0) is 17.4. The second-order valence-corrected chi connectivity index (χ2v) is 7.21. The zero-order valence-electron chi connectivity index (χ0n) is 13.0. The van der Waals surface area contributed by atoms with Gasteiger partial charge in [0.05, 0.1) is 21.4 Å². The molecule has 0 aliphatic rings. The van der Waals surface area contributed by atoms with Gasteiger partial charge in [0.1, 0.15) is 11.2 Å². The fourth-order valence-corrected chi connectivity index (χ4v) is 3.83. The summed E-state index contributed by atoms with van der Waals surface area (Å²) in [5.74, 6) is 0. The minimum absolute atomic E-state index is 0.122. The first-order valence-corrected chi connectivity index (χ1v) is 9.07. The van der Waals surface area contributed by atoms with E-state index in [2.05, 4.69) is 4.72 Å². The first kappa shape index (κ1) is 15.4. The number of anilines is 1. The molecule has 6 heteroatoms. The SMILES string of the molecule is O=c1c2ccccc2oc2cccc(NS(=O)(=O)c3ccccc3)c12. The maximum atomic E-state index is 12.8. The molecule has 1 aromatic heterocycles. The van der Waals surface area contributed by atoms with Crippen LogP contribution in [0.3, 0.4) is 0 Å². The minimum atomic E-state index is -3.81. The Morgan fingerprint density at radius 2 is 1.44 bits per heavy atom. The van der Waals surface area contributed by atoms with Gasteiger partial charge in [-0.15, -0.1) is 0 Å². The highest BCUT2D eigenvalue weighted by atomic mass is 32.2. The molecule has 4 aromatic rings. The van der Waals surface area contributed by atoms with Gasteiger partial charge in [0, 0.05) is 0 Å². The Morgan fingerprint density at radius 1 is 0.760 bits per heavy atom. The number of fused-ring (bicyclic) bond motifs is 2. The number of hydrogen-bond acceptors (Lipinski definition) is 4. The quantitative estimate of drug-likeness (QED) is 0.570. The van der Waals surface area contributed by atoms with Crippen molar-refractivity contribution in [1.82, 2.24) is 0 Å². The molecule has 0 bridgehead atoms. The van der Waals surface area contributed by atoms with Crippen LogP contribution in [0.25, 0.3) is 21.9 Å². The predicted octanol–water partition coefficient (Wildman–Crippen LogP) is 3.75. The van der Waals surface area contributed by atoms with Crippen LogP contribution in [0, 0.1) is 0 Å². The summed E-state index contributed by atoms with van der Waals surface area (Å²) in [6.45, 7) is 0. The average Bonchev–Trinajstić information content (AvgIpc) is 2.62. The van der Waals surface area contributed by atoms with Gasteiger partial charge in [-0.3, -0.25) is 9.52 Å². The monoisotopic (exact) mass is 351 g/mol. The van der Waals surface area contributed by atoms with E-state index < -0.39 is 10.0 Å². The molecule has 0 fully saturated rings. The van der Waals surface area contributed by atoms with Crippen molar-refractivity contribution in [2.45, 2.75) is 4.90 Å². The van der Waals surface area contributed by atoms with E-state index in [-0.39, 0.29) is 21.4 Å². The van der Waals surface area contributed by atoms with Crippen LogP contribution in [0.1, 0.15) is 0 Å². The third-order valence-electron chi connectivity index (χ3n) is 3.90. The summed E-state index contributed by atoms with van der Waals surface area (Å²) >= 11 is 0. The minimum Gasteiger partial charge on any atom is -0.456 e. The summed E-state index contributed by atoms with van der Waals surface area (Å²) in [5, 5.41) is 0.613. The lowest BCUT2D eigenvalue weighted by atomic mass is 10.1. The molecule has 3 aromatic carbocycles. The Balaban J connectivity index is 1.94. The summed E-state index contributed by atoms with van der Waals surface area (Å²) in [6, 6.07) is 19.7. The largest absolute Gasteiger partial charge is 0.456 e. The first-order chi connectivity index (χ1) is 12.1. The van der Waals surface area contributed by atoms with Crippen molar-refractivity contribution in [2.24, 2.45) is 0 Å². The van der Waals surface area contributed by atoms with E-state index in [9.17, 15) is 13.2 Å². The van der Waals surface area contributed by atoms with E-state index in [1.165, 1.54) is 12.1 Å². The maximum Gasteiger partial charge on any atom is 0.261 e. The summed E-state index contributed by atoms with van der Waals surface area (Å²) < 4.78 is 33.4. The van der Waals surface area contributed by atoms with E-state index in [1.807, 2.05) is 0 Å². The number of benzene rings is 3. The van der Waals surface area contributed by atoms with Gasteiger partial charge in [-0.05, 0) is 36.4 Å². The summed E-state index contributed by atoms with van der Waals surface area (Å²) in [6.07, 6.45) is 0. The van der Waals surface area contributed by atoms with E-state index in [1.54, 1.807) is 60.7 Å². The van der Waals surface area contributed by atoms with E-state index >= 15 is 0 Å². The smallest absolute Gasteiger partial charge is 0.261 e. The molecule has 4 rings (SSSR count). The first-order valence-electron chi connectivity index (χ1n) is 7.59. The normalized spacial score (nSPS) is 11.7. The van der Waals surface area contributed by atoms with Gasteiger partial charge in [0.25, 0.3) is 10.0 Å². The van der Waals surface area contributed by atoms with Gasteiger partial charge >= 0.3 is 0 Å². The molecule has 124 valence electrons. The number of hydrogen-bond donors (Lipinski definition) is 1. The van der Waals surface area contributed by atoms with Crippen molar-refractivity contribution in [1.29, 1.82) is 0 Å². The topological polar surface area (TPSA) is 76.4 Å². The van der Waals surface area contributed by atoms with Gasteiger partial charge in [-0.1, -0.05) is 36.4 Å². The van der Waals surface area contributed by atoms with Crippen molar-refractivity contribution in [3.05, 3.63) is 83.0 Å². The van der Waals surface area contributed by atoms with Crippen LogP contribution in [0.15, 0.2) is 86.9 Å². The predicted molar refractivity (Wildman–Crippen MR) is 97.2 cm³/mol. The van der Waals surface area contributed by atoms with Gasteiger partial charge in [-0.25, -0.2) is 8.42 Å². The molecule has 0 spiro atoms. The van der Waals surface area contributed by atoms with Crippen molar-refractivity contribution >= 4 is 37.6 Å². The molecular weight excluding hydrogens is 338 g/mol. The fourth-order valence-electron chi connectivity index (χ4n) is 2.74. The molecule has 1 N–H and O–H groups in total. The molecule has 1 heterocycles. The van der Waals surface area contributed by atoms with Crippen LogP contribution >= 0.6 is 0 Å². The summed E-state index contributed by atoms with van der Waals surface area (Å²) in [7, 11) is -3.81. The molecule has 0 saturated carbocycles. The fraction of sp³-hybridized carbons (Fsp3) is 0. The zero-order valence-corrected chi connectivity index (χ0v) is 13.8. The van der Waals surface area contributed by atoms with Crippen LogP contribution in [0.5, 0.6) is 0 Å². The number of nitrogens with one attached hydrogen (secondary N) is 1. The molecule has 0 aliphatic carbocycles. The van der Waals surface area contributed by atoms with Crippen molar-refractivity contribution < 1.29 is 12.8 Å². The van der Waals surface area contributed by atoms with Crippen LogP contribution in [-0.2, 0) is 10.0 Å². The van der Waals surface area contributed by atoms with Crippen molar-refractivity contribution in [3.8, 4) is 0 Å². The molecule has 0 aliphatic heterocycles. The lowest BCUT2D eigenvalue weighted by Gasteiger charge is -2.10.